The number of nitrogens with zero attached hydrogens (tertiary/aromatic N) is 1. The van der Waals surface area contributed by atoms with Crippen LogP contribution in [0.2, 0.25) is 0 Å². The first-order valence-corrected chi connectivity index (χ1v) is 8.96. The lowest BCUT2D eigenvalue weighted by Gasteiger charge is -2.20. The SMILES string of the molecule is CC[NH+](CC)CCNC(=O)[C@@H](C(=O)c1ccccc1)n1ccccc1=O. The molecular weight excluding hydrogens is 330 g/mol. The standard InChI is InChI=1S/C20H25N3O3/c1-3-22(4-2)15-13-21-20(26)18(23-14-9-8-12-17(23)24)19(25)16-10-6-5-7-11-16/h5-12,14,18H,3-4,13,15H2,1-2H3,(H,21,26)/p+1/t18-/m1/s1. The van der Waals surface area contributed by atoms with Crippen LogP contribution in [-0.2, 0) is 4.79 Å². The summed E-state index contributed by atoms with van der Waals surface area (Å²) in [4.78, 5) is 39.2. The molecule has 0 bridgehead atoms. The van der Waals surface area contributed by atoms with Crippen LogP contribution < -0.4 is 15.8 Å². The van der Waals surface area contributed by atoms with Gasteiger partial charge in [0.1, 0.15) is 0 Å². The number of rotatable bonds is 9. The number of amides is 1. The van der Waals surface area contributed by atoms with E-state index in [1.54, 1.807) is 42.5 Å². The molecule has 1 amide bonds. The van der Waals surface area contributed by atoms with Crippen molar-refractivity contribution in [3.8, 4) is 0 Å². The Hall–Kier alpha value is -2.73. The first kappa shape index (κ1) is 19.6. The minimum Gasteiger partial charge on any atom is -0.348 e. The summed E-state index contributed by atoms with van der Waals surface area (Å²) in [6, 6.07) is 11.9. The molecule has 0 aliphatic rings. The van der Waals surface area contributed by atoms with Crippen LogP contribution in [0, 0.1) is 0 Å². The number of nitrogens with one attached hydrogen (secondary N) is 2. The summed E-state index contributed by atoms with van der Waals surface area (Å²) >= 11 is 0. The maximum Gasteiger partial charge on any atom is 0.251 e. The fourth-order valence-corrected chi connectivity index (χ4v) is 2.85. The van der Waals surface area contributed by atoms with Gasteiger partial charge in [-0.05, 0) is 19.9 Å². The first-order chi connectivity index (χ1) is 12.6. The van der Waals surface area contributed by atoms with Gasteiger partial charge in [0.05, 0.1) is 26.2 Å². The molecule has 0 saturated heterocycles. The molecule has 0 saturated carbocycles. The first-order valence-electron chi connectivity index (χ1n) is 8.96. The Morgan fingerprint density at radius 3 is 2.31 bits per heavy atom. The predicted octanol–water partition coefficient (Wildman–Crippen LogP) is 0.313. The summed E-state index contributed by atoms with van der Waals surface area (Å²) in [7, 11) is 0. The van der Waals surface area contributed by atoms with Gasteiger partial charge in [0.2, 0.25) is 0 Å². The van der Waals surface area contributed by atoms with Crippen molar-refractivity contribution < 1.29 is 14.5 Å². The lowest BCUT2D eigenvalue weighted by molar-refractivity contribution is -0.895. The molecule has 1 atom stereocenters. The molecule has 6 nitrogen and oxygen atoms in total. The van der Waals surface area contributed by atoms with E-state index < -0.39 is 17.7 Å². The molecule has 0 aliphatic carbocycles. The zero-order valence-electron chi connectivity index (χ0n) is 15.3. The number of aromatic nitrogens is 1. The van der Waals surface area contributed by atoms with Crippen molar-refractivity contribution in [1.82, 2.24) is 9.88 Å². The van der Waals surface area contributed by atoms with Gasteiger partial charge in [0.15, 0.2) is 11.8 Å². The fourth-order valence-electron chi connectivity index (χ4n) is 2.85. The minimum absolute atomic E-state index is 0.383. The normalized spacial score (nSPS) is 12.0. The molecule has 0 spiro atoms. The number of hydrogen-bond acceptors (Lipinski definition) is 3. The topological polar surface area (TPSA) is 72.6 Å². The number of hydrogen-bond donors (Lipinski definition) is 2. The summed E-state index contributed by atoms with van der Waals surface area (Å²) in [5.41, 5.74) is 0.0177. The fraction of sp³-hybridized carbons (Fsp3) is 0.350. The van der Waals surface area contributed by atoms with Gasteiger partial charge in [-0.3, -0.25) is 19.0 Å². The van der Waals surface area contributed by atoms with Crippen LogP contribution in [-0.4, -0.2) is 42.4 Å². The Balaban J connectivity index is 2.24. The van der Waals surface area contributed by atoms with Gasteiger partial charge in [-0.1, -0.05) is 36.4 Å². The zero-order valence-corrected chi connectivity index (χ0v) is 15.3. The lowest BCUT2D eigenvalue weighted by Crippen LogP contribution is -3.12. The Morgan fingerprint density at radius 1 is 1.04 bits per heavy atom. The molecular formula is C20H26N3O3+. The van der Waals surface area contributed by atoms with Crippen molar-refractivity contribution >= 4 is 11.7 Å². The third kappa shape index (κ3) is 4.89. The van der Waals surface area contributed by atoms with Gasteiger partial charge in [-0.2, -0.15) is 0 Å². The lowest BCUT2D eigenvalue weighted by atomic mass is 10.0. The number of likely N-dealkylation sites (N-methyl/N-ethyl adjacent to an activating group) is 1. The minimum atomic E-state index is -1.21. The van der Waals surface area contributed by atoms with Crippen LogP contribution in [0.15, 0.2) is 59.5 Å². The summed E-state index contributed by atoms with van der Waals surface area (Å²) in [5.74, 6) is -0.856. The van der Waals surface area contributed by atoms with Crippen LogP contribution >= 0.6 is 0 Å². The third-order valence-electron chi connectivity index (χ3n) is 4.46. The van der Waals surface area contributed by atoms with Crippen LogP contribution in [0.3, 0.4) is 0 Å². The number of ketones is 1. The van der Waals surface area contributed by atoms with Crippen molar-refractivity contribution in [3.05, 3.63) is 70.6 Å². The van der Waals surface area contributed by atoms with Crippen molar-refractivity contribution in [1.29, 1.82) is 0 Å². The summed E-state index contributed by atoms with van der Waals surface area (Å²) < 4.78 is 1.19. The molecule has 1 heterocycles. The number of carbonyl (C=O) groups is 2. The highest BCUT2D eigenvalue weighted by molar-refractivity contribution is 6.11. The molecule has 0 unspecified atom stereocenters. The van der Waals surface area contributed by atoms with Crippen molar-refractivity contribution in [3.63, 3.8) is 0 Å². The van der Waals surface area contributed by atoms with E-state index in [0.29, 0.717) is 12.1 Å². The number of carbonyl (C=O) groups excluding carboxylic acids is 2. The molecule has 2 rings (SSSR count). The Morgan fingerprint density at radius 2 is 1.69 bits per heavy atom. The quantitative estimate of drug-likeness (QED) is 0.502. The highest BCUT2D eigenvalue weighted by Crippen LogP contribution is 2.13. The van der Waals surface area contributed by atoms with Crippen molar-refractivity contribution in [2.24, 2.45) is 0 Å². The van der Waals surface area contributed by atoms with Gasteiger partial charge in [0, 0.05) is 17.8 Å². The smallest absolute Gasteiger partial charge is 0.251 e. The maximum atomic E-state index is 12.9. The van der Waals surface area contributed by atoms with Gasteiger partial charge < -0.3 is 10.2 Å². The second kappa shape index (κ2) is 9.68. The van der Waals surface area contributed by atoms with Crippen molar-refractivity contribution in [2.45, 2.75) is 19.9 Å². The van der Waals surface area contributed by atoms with Gasteiger partial charge in [0.25, 0.3) is 11.5 Å². The molecule has 26 heavy (non-hydrogen) atoms. The van der Waals surface area contributed by atoms with Gasteiger partial charge >= 0.3 is 0 Å². The van der Waals surface area contributed by atoms with Crippen LogP contribution in [0.4, 0.5) is 0 Å². The molecule has 2 aromatic rings. The third-order valence-corrected chi connectivity index (χ3v) is 4.46. The highest BCUT2D eigenvalue weighted by atomic mass is 16.2. The summed E-state index contributed by atoms with van der Waals surface area (Å²) in [5, 5.41) is 2.82. The van der Waals surface area contributed by atoms with E-state index in [0.717, 1.165) is 19.6 Å². The van der Waals surface area contributed by atoms with Crippen LogP contribution in [0.25, 0.3) is 0 Å². The van der Waals surface area contributed by atoms with Crippen LogP contribution in [0.5, 0.6) is 0 Å². The van der Waals surface area contributed by atoms with E-state index in [4.69, 9.17) is 0 Å². The molecule has 1 aromatic heterocycles. The molecule has 1 aromatic carbocycles. The molecule has 0 aliphatic heterocycles. The van der Waals surface area contributed by atoms with Gasteiger partial charge in [-0.25, -0.2) is 0 Å². The van der Waals surface area contributed by atoms with Crippen molar-refractivity contribution in [2.75, 3.05) is 26.2 Å². The molecule has 2 N–H and O–H groups in total. The Bertz CT molecular complexity index is 782. The van der Waals surface area contributed by atoms with E-state index in [1.807, 2.05) is 0 Å². The van der Waals surface area contributed by atoms with E-state index in [-0.39, 0.29) is 5.56 Å². The second-order valence-corrected chi connectivity index (χ2v) is 6.08. The number of benzene rings is 1. The Labute approximate surface area is 153 Å². The van der Waals surface area contributed by atoms with Crippen LogP contribution in [0.1, 0.15) is 30.2 Å². The maximum absolute atomic E-state index is 12.9. The molecule has 6 heteroatoms. The largest absolute Gasteiger partial charge is 0.348 e. The number of Topliss-reactive ketones (excluding diaryl/α,β-unsaturated/α-hetero) is 1. The highest BCUT2D eigenvalue weighted by Gasteiger charge is 2.29. The van der Waals surface area contributed by atoms with E-state index in [1.165, 1.54) is 21.7 Å². The zero-order chi connectivity index (χ0) is 18.9. The second-order valence-electron chi connectivity index (χ2n) is 6.08. The average molecular weight is 356 g/mol. The molecule has 0 radical (unpaired) electrons. The number of quaternary nitrogens is 1. The molecule has 138 valence electrons. The average Bonchev–Trinajstić information content (AvgIpc) is 2.67. The van der Waals surface area contributed by atoms with E-state index in [9.17, 15) is 14.4 Å². The van der Waals surface area contributed by atoms with E-state index in [2.05, 4.69) is 19.2 Å². The Kier molecular flexibility index (Phi) is 7.29. The van der Waals surface area contributed by atoms with Gasteiger partial charge in [-0.15, -0.1) is 0 Å². The summed E-state index contributed by atoms with van der Waals surface area (Å²) in [6.45, 7) is 7.34. The van der Waals surface area contributed by atoms with E-state index >= 15 is 0 Å². The monoisotopic (exact) mass is 356 g/mol. The molecule has 0 fully saturated rings. The number of pyridine rings is 1. The predicted molar refractivity (Wildman–Crippen MR) is 100 cm³/mol. The summed E-state index contributed by atoms with van der Waals surface area (Å²) in [6.07, 6.45) is 1.48.